The van der Waals surface area contributed by atoms with E-state index in [1.54, 1.807) is 0 Å². The number of para-hydroxylation sites is 3. The third-order valence-corrected chi connectivity index (χ3v) is 7.66. The summed E-state index contributed by atoms with van der Waals surface area (Å²) >= 11 is 0. The van der Waals surface area contributed by atoms with Crippen LogP contribution in [0.25, 0.3) is 66.4 Å². The van der Waals surface area contributed by atoms with Crippen LogP contribution in [-0.2, 0) is 0 Å². The summed E-state index contributed by atoms with van der Waals surface area (Å²) < 4.78 is 4.44. The minimum absolute atomic E-state index is 0.633. The Balaban J connectivity index is 1.49. The van der Waals surface area contributed by atoms with E-state index in [0.29, 0.717) is 5.56 Å². The summed E-state index contributed by atoms with van der Waals surface area (Å²) in [6, 6.07) is 41.6. The van der Waals surface area contributed by atoms with E-state index in [1.807, 2.05) is 36.7 Å². The monoisotopic (exact) mass is 511 g/mol. The van der Waals surface area contributed by atoms with E-state index in [2.05, 4.69) is 111 Å². The quantitative estimate of drug-likeness (QED) is 0.240. The van der Waals surface area contributed by atoms with Gasteiger partial charge in [0.2, 0.25) is 0 Å². The second kappa shape index (κ2) is 8.65. The molecule has 5 heteroatoms. The molecule has 4 heterocycles. The smallest absolute Gasteiger partial charge is 0.140 e. The molecular weight excluding hydrogens is 490 g/mol. The number of aromatic nitrogens is 4. The Labute approximate surface area is 229 Å². The van der Waals surface area contributed by atoms with Crippen molar-refractivity contribution in [3.05, 3.63) is 133 Å². The molecule has 4 aromatic heterocycles. The molecule has 0 fully saturated rings. The highest BCUT2D eigenvalue weighted by Crippen LogP contribution is 2.36. The van der Waals surface area contributed by atoms with E-state index in [0.717, 1.165) is 55.6 Å². The minimum Gasteiger partial charge on any atom is -0.294 e. The predicted octanol–water partition coefficient (Wildman–Crippen LogP) is 8.21. The zero-order valence-corrected chi connectivity index (χ0v) is 21.4. The highest BCUT2D eigenvalue weighted by atomic mass is 15.1. The number of fused-ring (bicyclic) bond motifs is 6. The van der Waals surface area contributed by atoms with Crippen molar-refractivity contribution in [2.75, 3.05) is 0 Å². The van der Waals surface area contributed by atoms with Crippen molar-refractivity contribution in [2.45, 2.75) is 0 Å². The molecule has 8 rings (SSSR count). The summed E-state index contributed by atoms with van der Waals surface area (Å²) in [5.41, 5.74) is 6.94. The molecule has 4 aromatic carbocycles. The molecule has 0 amide bonds. The number of rotatable bonds is 3. The first-order valence-electron chi connectivity index (χ1n) is 13.1. The van der Waals surface area contributed by atoms with Gasteiger partial charge in [0.1, 0.15) is 11.6 Å². The Morgan fingerprint density at radius 3 is 1.57 bits per heavy atom. The number of hydrogen-bond acceptors (Lipinski definition) is 3. The van der Waals surface area contributed by atoms with Crippen molar-refractivity contribution < 1.29 is 0 Å². The van der Waals surface area contributed by atoms with E-state index < -0.39 is 0 Å². The predicted molar refractivity (Wildman–Crippen MR) is 161 cm³/mol. The Morgan fingerprint density at radius 1 is 0.525 bits per heavy atom. The first-order chi connectivity index (χ1) is 19.8. The SMILES string of the molecule is N#Cc1ccc(-c2cc(-n3c4ccccc4c4ccccc43)nc(-n3c4ccccc4c4ccncc43)c2)cc1. The largest absolute Gasteiger partial charge is 0.294 e. The third kappa shape index (κ3) is 3.27. The van der Waals surface area contributed by atoms with Crippen molar-refractivity contribution in [2.24, 2.45) is 0 Å². The van der Waals surface area contributed by atoms with Gasteiger partial charge in [0.15, 0.2) is 0 Å². The van der Waals surface area contributed by atoms with Crippen LogP contribution in [0.4, 0.5) is 0 Å². The van der Waals surface area contributed by atoms with Crippen LogP contribution in [-0.4, -0.2) is 19.1 Å². The van der Waals surface area contributed by atoms with E-state index in [1.165, 1.54) is 10.8 Å². The van der Waals surface area contributed by atoms with E-state index in [4.69, 9.17) is 4.98 Å². The molecule has 5 nitrogen and oxygen atoms in total. The molecule has 8 aromatic rings. The molecule has 0 aliphatic rings. The molecule has 0 radical (unpaired) electrons. The van der Waals surface area contributed by atoms with E-state index >= 15 is 0 Å². The molecule has 0 aliphatic heterocycles. The lowest BCUT2D eigenvalue weighted by Gasteiger charge is -2.14. The van der Waals surface area contributed by atoms with Crippen LogP contribution in [0.3, 0.4) is 0 Å². The van der Waals surface area contributed by atoms with E-state index in [9.17, 15) is 5.26 Å². The van der Waals surface area contributed by atoms with Gasteiger partial charge in [-0.2, -0.15) is 5.26 Å². The first kappa shape index (κ1) is 22.3. The molecule has 0 unspecified atom stereocenters. The van der Waals surface area contributed by atoms with Crippen LogP contribution < -0.4 is 0 Å². The van der Waals surface area contributed by atoms with Crippen molar-refractivity contribution in [1.82, 2.24) is 19.1 Å². The summed E-state index contributed by atoms with van der Waals surface area (Å²) in [7, 11) is 0. The second-order valence-electron chi connectivity index (χ2n) is 9.88. The third-order valence-electron chi connectivity index (χ3n) is 7.66. The highest BCUT2D eigenvalue weighted by Gasteiger charge is 2.18. The van der Waals surface area contributed by atoms with Crippen LogP contribution in [0, 0.1) is 11.3 Å². The van der Waals surface area contributed by atoms with Crippen molar-refractivity contribution in [1.29, 1.82) is 5.26 Å². The maximum atomic E-state index is 9.37. The summed E-state index contributed by atoms with van der Waals surface area (Å²) in [6.45, 7) is 0. The van der Waals surface area contributed by atoms with Gasteiger partial charge in [-0.3, -0.25) is 14.1 Å². The normalized spacial score (nSPS) is 11.5. The zero-order valence-electron chi connectivity index (χ0n) is 21.4. The number of nitrogens with zero attached hydrogens (tertiary/aromatic N) is 5. The van der Waals surface area contributed by atoms with Crippen LogP contribution in [0.2, 0.25) is 0 Å². The Hall–Kier alpha value is -5.73. The van der Waals surface area contributed by atoms with Crippen LogP contribution in [0.15, 0.2) is 128 Å². The van der Waals surface area contributed by atoms with Crippen molar-refractivity contribution in [3.63, 3.8) is 0 Å². The number of hydrogen-bond donors (Lipinski definition) is 0. The molecule has 0 atom stereocenters. The van der Waals surface area contributed by atoms with Crippen molar-refractivity contribution in [3.8, 4) is 28.8 Å². The average Bonchev–Trinajstić information content (AvgIpc) is 3.54. The summed E-state index contributed by atoms with van der Waals surface area (Å²) in [6.07, 6.45) is 3.74. The molecule has 0 N–H and O–H groups in total. The van der Waals surface area contributed by atoms with Gasteiger partial charge in [0.05, 0.1) is 39.9 Å². The van der Waals surface area contributed by atoms with Crippen LogP contribution in [0.1, 0.15) is 5.56 Å². The molecule has 0 saturated heterocycles. The average molecular weight is 512 g/mol. The topological polar surface area (TPSA) is 59.4 Å². The molecule has 0 bridgehead atoms. The van der Waals surface area contributed by atoms with Crippen LogP contribution >= 0.6 is 0 Å². The van der Waals surface area contributed by atoms with Crippen LogP contribution in [0.5, 0.6) is 0 Å². The number of benzene rings is 4. The first-order valence-corrected chi connectivity index (χ1v) is 13.1. The molecular formula is C35H21N5. The summed E-state index contributed by atoms with van der Waals surface area (Å²) in [5.74, 6) is 1.63. The van der Waals surface area contributed by atoms with Gasteiger partial charge < -0.3 is 0 Å². The Bertz CT molecular complexity index is 2040. The molecule has 0 spiro atoms. The molecule has 0 aliphatic carbocycles. The standard InChI is InChI=1S/C35H21N5/c36-21-23-13-15-24(16-14-23)25-19-34(39-30-10-4-1-7-26(30)27-8-2-5-11-31(27)39)38-35(20-25)40-32-12-6-3-9-28(32)29-17-18-37-22-33(29)40/h1-20,22H. The maximum absolute atomic E-state index is 9.37. The van der Waals surface area contributed by atoms with Gasteiger partial charge in [-0.1, -0.05) is 66.7 Å². The summed E-state index contributed by atoms with van der Waals surface area (Å²) in [5, 5.41) is 14.0. The highest BCUT2D eigenvalue weighted by molar-refractivity contribution is 6.10. The van der Waals surface area contributed by atoms with Gasteiger partial charge in [0, 0.05) is 27.7 Å². The van der Waals surface area contributed by atoms with Gasteiger partial charge in [-0.05, 0) is 59.7 Å². The lowest BCUT2D eigenvalue weighted by atomic mass is 10.0. The van der Waals surface area contributed by atoms with Gasteiger partial charge in [0.25, 0.3) is 0 Å². The number of nitriles is 1. The molecule has 40 heavy (non-hydrogen) atoms. The zero-order chi connectivity index (χ0) is 26.6. The maximum Gasteiger partial charge on any atom is 0.140 e. The van der Waals surface area contributed by atoms with Crippen molar-refractivity contribution >= 4 is 43.6 Å². The lowest BCUT2D eigenvalue weighted by Crippen LogP contribution is -2.04. The fourth-order valence-corrected chi connectivity index (χ4v) is 5.87. The minimum atomic E-state index is 0.633. The fraction of sp³-hybridized carbons (Fsp3) is 0. The Morgan fingerprint density at radius 2 is 1.02 bits per heavy atom. The second-order valence-corrected chi connectivity index (χ2v) is 9.88. The summed E-state index contributed by atoms with van der Waals surface area (Å²) in [4.78, 5) is 9.79. The lowest BCUT2D eigenvalue weighted by molar-refractivity contribution is 1.01. The van der Waals surface area contributed by atoms with Gasteiger partial charge >= 0.3 is 0 Å². The van der Waals surface area contributed by atoms with E-state index in [-0.39, 0.29) is 0 Å². The Kier molecular flexibility index (Phi) is 4.82. The molecule has 0 saturated carbocycles. The van der Waals surface area contributed by atoms with Gasteiger partial charge in [-0.15, -0.1) is 0 Å². The van der Waals surface area contributed by atoms with Gasteiger partial charge in [-0.25, -0.2) is 4.98 Å². The number of pyridine rings is 2. The molecule has 186 valence electrons. The fourth-order valence-electron chi connectivity index (χ4n) is 5.87.